The van der Waals surface area contributed by atoms with Gasteiger partial charge in [0.05, 0.1) is 24.9 Å². The highest BCUT2D eigenvalue weighted by Crippen LogP contribution is 2.26. The highest BCUT2D eigenvalue weighted by atomic mass is 19.1. The lowest BCUT2D eigenvalue weighted by Gasteiger charge is -2.10. The maximum atomic E-state index is 14.3. The molecular weight excluding hydrogens is 365 g/mol. The van der Waals surface area contributed by atoms with Crippen molar-refractivity contribution in [3.63, 3.8) is 0 Å². The molecule has 0 aliphatic rings. The van der Waals surface area contributed by atoms with Gasteiger partial charge in [0, 0.05) is 10.9 Å². The molecule has 0 radical (unpaired) electrons. The van der Waals surface area contributed by atoms with Crippen LogP contribution < -0.4 is 5.56 Å². The molecule has 0 fully saturated rings. The van der Waals surface area contributed by atoms with E-state index in [1.54, 1.807) is 29.1 Å². The molecule has 5 heteroatoms. The largest absolute Gasteiger partial charge is 0.330 e. The van der Waals surface area contributed by atoms with E-state index in [1.165, 1.54) is 6.07 Å². The Morgan fingerprint density at radius 1 is 0.828 bits per heavy atom. The second kappa shape index (κ2) is 7.02. The van der Waals surface area contributed by atoms with Gasteiger partial charge in [-0.25, -0.2) is 9.37 Å². The van der Waals surface area contributed by atoms with E-state index in [2.05, 4.69) is 4.98 Å². The van der Waals surface area contributed by atoms with Gasteiger partial charge in [-0.05, 0) is 17.7 Å². The Kier molecular flexibility index (Phi) is 4.21. The van der Waals surface area contributed by atoms with Gasteiger partial charge in [0.15, 0.2) is 0 Å². The predicted molar refractivity (Wildman–Crippen MR) is 113 cm³/mol. The lowest BCUT2D eigenvalue weighted by molar-refractivity contribution is 0.603. The van der Waals surface area contributed by atoms with E-state index in [-0.39, 0.29) is 17.9 Å². The van der Waals surface area contributed by atoms with Crippen LogP contribution in [0.5, 0.6) is 0 Å². The van der Waals surface area contributed by atoms with Crippen LogP contribution in [0.4, 0.5) is 4.39 Å². The van der Waals surface area contributed by atoms with E-state index in [4.69, 9.17) is 0 Å². The summed E-state index contributed by atoms with van der Waals surface area (Å²) in [4.78, 5) is 18.0. The predicted octanol–water partition coefficient (Wildman–Crippen LogP) is 4.59. The van der Waals surface area contributed by atoms with Gasteiger partial charge in [-0.3, -0.25) is 9.36 Å². The van der Waals surface area contributed by atoms with E-state index in [9.17, 15) is 9.18 Å². The van der Waals surface area contributed by atoms with Crippen molar-refractivity contribution >= 4 is 21.9 Å². The molecule has 2 aromatic heterocycles. The SMILES string of the molecule is O=c1c2c(ncn1Cc1ccccc1)c1ccccc1n2Cc1ccccc1F. The number of halogens is 1. The van der Waals surface area contributed by atoms with E-state index >= 15 is 0 Å². The molecule has 0 spiro atoms. The zero-order valence-corrected chi connectivity index (χ0v) is 15.6. The van der Waals surface area contributed by atoms with Crippen LogP contribution in [-0.2, 0) is 13.1 Å². The second-order valence-electron chi connectivity index (χ2n) is 7.06. The fraction of sp³-hybridized carbons (Fsp3) is 0.0833. The Balaban J connectivity index is 1.74. The summed E-state index contributed by atoms with van der Waals surface area (Å²) in [6.07, 6.45) is 1.59. The summed E-state index contributed by atoms with van der Waals surface area (Å²) in [6, 6.07) is 24.2. The first-order valence-corrected chi connectivity index (χ1v) is 9.46. The van der Waals surface area contributed by atoms with Crippen LogP contribution in [0.2, 0.25) is 0 Å². The molecule has 0 aliphatic heterocycles. The molecule has 4 nitrogen and oxygen atoms in total. The summed E-state index contributed by atoms with van der Waals surface area (Å²) in [5.41, 5.74) is 3.43. The summed E-state index contributed by atoms with van der Waals surface area (Å²) in [6.45, 7) is 0.701. The second-order valence-corrected chi connectivity index (χ2v) is 7.06. The van der Waals surface area contributed by atoms with E-state index < -0.39 is 0 Å². The first-order valence-electron chi connectivity index (χ1n) is 9.46. The van der Waals surface area contributed by atoms with Crippen LogP contribution in [0.25, 0.3) is 21.9 Å². The van der Waals surface area contributed by atoms with Crippen LogP contribution in [0.1, 0.15) is 11.1 Å². The number of nitrogens with zero attached hydrogens (tertiary/aromatic N) is 3. The number of hydrogen-bond acceptors (Lipinski definition) is 2. The molecule has 0 saturated heterocycles. The molecule has 142 valence electrons. The first kappa shape index (κ1) is 17.4. The van der Waals surface area contributed by atoms with E-state index in [0.717, 1.165) is 16.5 Å². The zero-order valence-electron chi connectivity index (χ0n) is 15.6. The lowest BCUT2D eigenvalue weighted by Crippen LogP contribution is -2.23. The van der Waals surface area contributed by atoms with Crippen molar-refractivity contribution in [2.24, 2.45) is 0 Å². The Bertz CT molecular complexity index is 1390. The molecular formula is C24H18FN3O. The quantitative estimate of drug-likeness (QED) is 0.455. The van der Waals surface area contributed by atoms with Crippen molar-refractivity contribution in [2.75, 3.05) is 0 Å². The average molecular weight is 383 g/mol. The summed E-state index contributed by atoms with van der Waals surface area (Å²) >= 11 is 0. The van der Waals surface area contributed by atoms with Crippen molar-refractivity contribution in [3.05, 3.63) is 112 Å². The topological polar surface area (TPSA) is 39.8 Å². The normalized spacial score (nSPS) is 11.3. The third kappa shape index (κ3) is 3.01. The van der Waals surface area contributed by atoms with Gasteiger partial charge in [-0.2, -0.15) is 0 Å². The zero-order chi connectivity index (χ0) is 19.8. The van der Waals surface area contributed by atoms with Gasteiger partial charge in [-0.15, -0.1) is 0 Å². The van der Waals surface area contributed by atoms with Gasteiger partial charge in [0.1, 0.15) is 16.9 Å². The summed E-state index contributed by atoms with van der Waals surface area (Å²) < 4.78 is 17.8. The fourth-order valence-corrected chi connectivity index (χ4v) is 3.80. The average Bonchev–Trinajstić information content (AvgIpc) is 3.07. The van der Waals surface area contributed by atoms with E-state index in [1.807, 2.05) is 59.2 Å². The van der Waals surface area contributed by atoms with Crippen LogP contribution in [0, 0.1) is 5.82 Å². The third-order valence-electron chi connectivity index (χ3n) is 5.22. The number of benzene rings is 3. The van der Waals surface area contributed by atoms with Crippen molar-refractivity contribution in [1.29, 1.82) is 0 Å². The minimum Gasteiger partial charge on any atom is -0.330 e. The molecule has 5 aromatic rings. The minimum atomic E-state index is -0.285. The van der Waals surface area contributed by atoms with E-state index in [0.29, 0.717) is 23.1 Å². The highest BCUT2D eigenvalue weighted by Gasteiger charge is 2.17. The lowest BCUT2D eigenvalue weighted by atomic mass is 10.2. The smallest absolute Gasteiger partial charge is 0.278 e. The summed E-state index contributed by atoms with van der Waals surface area (Å²) in [7, 11) is 0. The van der Waals surface area contributed by atoms with Gasteiger partial charge in [-0.1, -0.05) is 66.7 Å². The number of fused-ring (bicyclic) bond motifs is 3. The third-order valence-corrected chi connectivity index (χ3v) is 5.22. The number of aromatic nitrogens is 3. The molecule has 0 amide bonds. The molecule has 5 rings (SSSR count). The Morgan fingerprint density at radius 2 is 1.55 bits per heavy atom. The van der Waals surface area contributed by atoms with Crippen LogP contribution in [-0.4, -0.2) is 14.1 Å². The molecule has 29 heavy (non-hydrogen) atoms. The monoisotopic (exact) mass is 383 g/mol. The van der Waals surface area contributed by atoms with Crippen molar-refractivity contribution in [2.45, 2.75) is 13.1 Å². The van der Waals surface area contributed by atoms with Crippen LogP contribution in [0.15, 0.2) is 90.0 Å². The molecule has 2 heterocycles. The summed E-state index contributed by atoms with van der Waals surface area (Å²) in [5, 5.41) is 0.891. The maximum Gasteiger partial charge on any atom is 0.278 e. The van der Waals surface area contributed by atoms with Crippen LogP contribution >= 0.6 is 0 Å². The number of rotatable bonds is 4. The maximum absolute atomic E-state index is 14.3. The van der Waals surface area contributed by atoms with Crippen molar-refractivity contribution < 1.29 is 4.39 Å². The van der Waals surface area contributed by atoms with Crippen molar-refractivity contribution in [1.82, 2.24) is 14.1 Å². The molecule has 0 atom stereocenters. The molecule has 0 bridgehead atoms. The summed E-state index contributed by atoms with van der Waals surface area (Å²) in [5.74, 6) is -0.285. The molecule has 0 N–H and O–H groups in total. The van der Waals surface area contributed by atoms with Crippen molar-refractivity contribution in [3.8, 4) is 0 Å². The Labute approximate surface area is 166 Å². The van der Waals surface area contributed by atoms with Gasteiger partial charge < -0.3 is 4.57 Å². The van der Waals surface area contributed by atoms with Gasteiger partial charge >= 0.3 is 0 Å². The van der Waals surface area contributed by atoms with Crippen LogP contribution in [0.3, 0.4) is 0 Å². The number of para-hydroxylation sites is 1. The Morgan fingerprint density at radius 3 is 2.38 bits per heavy atom. The standard InChI is InChI=1S/C24H18FN3O/c25-20-12-6-4-10-18(20)15-28-21-13-7-5-11-19(21)22-23(28)24(29)27(16-26-22)14-17-8-2-1-3-9-17/h1-13,16H,14-15H2. The molecule has 3 aromatic carbocycles. The minimum absolute atomic E-state index is 0.133. The highest BCUT2D eigenvalue weighted by molar-refractivity contribution is 6.05. The Hall–Kier alpha value is -3.73. The number of hydrogen-bond donors (Lipinski definition) is 0. The van der Waals surface area contributed by atoms with Gasteiger partial charge in [0.25, 0.3) is 5.56 Å². The first-order chi connectivity index (χ1) is 14.2. The fourth-order valence-electron chi connectivity index (χ4n) is 3.80. The molecule has 0 saturated carbocycles. The van der Waals surface area contributed by atoms with Gasteiger partial charge in [0.2, 0.25) is 0 Å². The molecule has 0 unspecified atom stereocenters. The molecule has 0 aliphatic carbocycles.